The minimum Gasteiger partial charge on any atom is -0.478 e. The predicted molar refractivity (Wildman–Crippen MR) is 77.0 cm³/mol. The number of benzene rings is 1. The quantitative estimate of drug-likeness (QED) is 0.748. The van der Waals surface area contributed by atoms with Gasteiger partial charge in [-0.25, -0.2) is 9.48 Å². The van der Waals surface area contributed by atoms with E-state index in [9.17, 15) is 9.59 Å². The number of carboxylic acids is 1. The van der Waals surface area contributed by atoms with Crippen LogP contribution in [0.3, 0.4) is 0 Å². The third kappa shape index (κ3) is 2.34. The zero-order chi connectivity index (χ0) is 14.8. The zero-order valence-corrected chi connectivity index (χ0v) is 11.4. The molecule has 0 aliphatic rings. The summed E-state index contributed by atoms with van der Waals surface area (Å²) in [6.45, 7) is 0. The number of rotatable bonds is 4. The van der Waals surface area contributed by atoms with Gasteiger partial charge >= 0.3 is 5.97 Å². The number of nitrogens with zero attached hydrogens (tertiary/aromatic N) is 3. The van der Waals surface area contributed by atoms with E-state index in [4.69, 9.17) is 5.11 Å². The molecular formula is C14H9N3O3S. The maximum atomic E-state index is 11.1. The molecule has 6 nitrogen and oxygen atoms in total. The first-order chi connectivity index (χ1) is 10.2. The highest BCUT2D eigenvalue weighted by atomic mass is 32.1. The van der Waals surface area contributed by atoms with Crippen molar-refractivity contribution in [2.24, 2.45) is 0 Å². The van der Waals surface area contributed by atoms with Crippen molar-refractivity contribution < 1.29 is 14.7 Å². The molecule has 21 heavy (non-hydrogen) atoms. The molecule has 0 saturated carbocycles. The molecule has 1 aromatic carbocycles. The van der Waals surface area contributed by atoms with Gasteiger partial charge in [-0.15, -0.1) is 16.4 Å². The molecule has 1 N–H and O–H groups in total. The standard InChI is InChI=1S/C14H9N3O3S/c18-8-11-13(12-5-2-6-21-12)17(16-15-11)10-4-1-3-9(7-10)14(19)20/h1-8H,(H,19,20). The maximum absolute atomic E-state index is 11.1. The van der Waals surface area contributed by atoms with Crippen LogP contribution in [-0.4, -0.2) is 32.4 Å². The Balaban J connectivity index is 2.20. The summed E-state index contributed by atoms with van der Waals surface area (Å²) in [5.41, 5.74) is 1.47. The first-order valence-corrected chi connectivity index (χ1v) is 6.87. The van der Waals surface area contributed by atoms with E-state index in [1.54, 1.807) is 12.1 Å². The normalized spacial score (nSPS) is 10.5. The third-order valence-electron chi connectivity index (χ3n) is 2.90. The van der Waals surface area contributed by atoms with E-state index >= 15 is 0 Å². The van der Waals surface area contributed by atoms with Crippen molar-refractivity contribution in [3.05, 3.63) is 53.0 Å². The molecule has 7 heteroatoms. The molecule has 0 radical (unpaired) electrons. The molecule has 3 aromatic rings. The van der Waals surface area contributed by atoms with Gasteiger partial charge in [0.1, 0.15) is 5.69 Å². The number of carboxylic acid groups (broad SMARTS) is 1. The van der Waals surface area contributed by atoms with Crippen LogP contribution in [0.2, 0.25) is 0 Å². The Morgan fingerprint density at radius 1 is 1.29 bits per heavy atom. The van der Waals surface area contributed by atoms with E-state index < -0.39 is 5.97 Å². The number of hydrogen-bond donors (Lipinski definition) is 1. The van der Waals surface area contributed by atoms with Crippen molar-refractivity contribution in [1.29, 1.82) is 0 Å². The van der Waals surface area contributed by atoms with Gasteiger partial charge in [0.2, 0.25) is 0 Å². The molecule has 2 heterocycles. The van der Waals surface area contributed by atoms with Crippen molar-refractivity contribution >= 4 is 23.6 Å². The molecule has 0 bridgehead atoms. The number of thiophene rings is 1. The van der Waals surface area contributed by atoms with Gasteiger partial charge in [0, 0.05) is 0 Å². The van der Waals surface area contributed by atoms with Gasteiger partial charge in [0.15, 0.2) is 12.0 Å². The summed E-state index contributed by atoms with van der Waals surface area (Å²) in [6, 6.07) is 10.0. The number of aromatic nitrogens is 3. The van der Waals surface area contributed by atoms with Crippen LogP contribution in [0, 0.1) is 0 Å². The Morgan fingerprint density at radius 3 is 2.81 bits per heavy atom. The van der Waals surface area contributed by atoms with Crippen molar-refractivity contribution in [3.63, 3.8) is 0 Å². The van der Waals surface area contributed by atoms with Crippen LogP contribution in [-0.2, 0) is 0 Å². The molecule has 104 valence electrons. The highest BCUT2D eigenvalue weighted by Crippen LogP contribution is 2.28. The maximum Gasteiger partial charge on any atom is 0.335 e. The minimum absolute atomic E-state index is 0.146. The fourth-order valence-electron chi connectivity index (χ4n) is 1.97. The Hall–Kier alpha value is -2.80. The van der Waals surface area contributed by atoms with Gasteiger partial charge in [-0.3, -0.25) is 4.79 Å². The largest absolute Gasteiger partial charge is 0.478 e. The first-order valence-electron chi connectivity index (χ1n) is 5.99. The number of aromatic carboxylic acids is 1. The minimum atomic E-state index is -1.02. The number of carbonyl (C=O) groups is 2. The van der Waals surface area contributed by atoms with Crippen molar-refractivity contribution in [1.82, 2.24) is 15.0 Å². The molecule has 0 aliphatic carbocycles. The summed E-state index contributed by atoms with van der Waals surface area (Å²) in [4.78, 5) is 23.0. The number of hydrogen-bond acceptors (Lipinski definition) is 5. The second-order valence-electron chi connectivity index (χ2n) is 4.19. The van der Waals surface area contributed by atoms with Crippen LogP contribution in [0.25, 0.3) is 16.3 Å². The van der Waals surface area contributed by atoms with E-state index in [-0.39, 0.29) is 11.3 Å². The molecule has 0 spiro atoms. The molecule has 2 aromatic heterocycles. The lowest BCUT2D eigenvalue weighted by Crippen LogP contribution is -2.02. The Kier molecular flexibility index (Phi) is 3.33. The summed E-state index contributed by atoms with van der Waals surface area (Å²) in [7, 11) is 0. The SMILES string of the molecule is O=Cc1nnn(-c2cccc(C(=O)O)c2)c1-c1cccs1. The molecular weight excluding hydrogens is 290 g/mol. The third-order valence-corrected chi connectivity index (χ3v) is 3.78. The van der Waals surface area contributed by atoms with Crippen LogP contribution in [0.4, 0.5) is 0 Å². The predicted octanol–water partition coefficient (Wildman–Crippen LogP) is 2.51. The van der Waals surface area contributed by atoms with Gasteiger partial charge in [-0.2, -0.15) is 0 Å². The molecule has 0 aliphatic heterocycles. The Bertz CT molecular complexity index is 809. The topological polar surface area (TPSA) is 85.1 Å². The summed E-state index contributed by atoms with van der Waals surface area (Å²) in [6.07, 6.45) is 0.638. The average molecular weight is 299 g/mol. The first kappa shape index (κ1) is 13.2. The van der Waals surface area contributed by atoms with Crippen LogP contribution in [0.1, 0.15) is 20.8 Å². The zero-order valence-electron chi connectivity index (χ0n) is 10.6. The van der Waals surface area contributed by atoms with Gasteiger partial charge in [-0.05, 0) is 29.6 Å². The second-order valence-corrected chi connectivity index (χ2v) is 5.13. The monoisotopic (exact) mass is 299 g/mol. The van der Waals surface area contributed by atoms with Crippen molar-refractivity contribution in [3.8, 4) is 16.3 Å². The molecule has 0 unspecified atom stereocenters. The fraction of sp³-hybridized carbons (Fsp3) is 0. The Labute approximate surface area is 123 Å². The van der Waals surface area contributed by atoms with E-state index in [1.165, 1.54) is 28.2 Å². The van der Waals surface area contributed by atoms with Crippen LogP contribution < -0.4 is 0 Å². The van der Waals surface area contributed by atoms with E-state index in [1.807, 2.05) is 17.5 Å². The van der Waals surface area contributed by atoms with Gasteiger partial charge in [0.05, 0.1) is 16.1 Å². The average Bonchev–Trinajstić information content (AvgIpc) is 3.15. The van der Waals surface area contributed by atoms with Gasteiger partial charge < -0.3 is 5.11 Å². The summed E-state index contributed by atoms with van der Waals surface area (Å²) in [5.74, 6) is -1.02. The van der Waals surface area contributed by atoms with Crippen LogP contribution >= 0.6 is 11.3 Å². The number of carbonyl (C=O) groups excluding carboxylic acids is 1. The highest BCUT2D eigenvalue weighted by molar-refractivity contribution is 7.13. The molecule has 0 saturated heterocycles. The summed E-state index contributed by atoms with van der Waals surface area (Å²) in [5, 5.41) is 18.8. The number of aldehydes is 1. The Morgan fingerprint density at radius 2 is 2.14 bits per heavy atom. The fourth-order valence-corrected chi connectivity index (χ4v) is 2.73. The lowest BCUT2D eigenvalue weighted by Gasteiger charge is -2.06. The smallest absolute Gasteiger partial charge is 0.335 e. The van der Waals surface area contributed by atoms with E-state index in [0.717, 1.165) is 4.88 Å². The second kappa shape index (κ2) is 5.29. The van der Waals surface area contributed by atoms with Crippen molar-refractivity contribution in [2.45, 2.75) is 0 Å². The lowest BCUT2D eigenvalue weighted by molar-refractivity contribution is 0.0696. The summed E-state index contributed by atoms with van der Waals surface area (Å²) >= 11 is 1.45. The molecule has 0 amide bonds. The van der Waals surface area contributed by atoms with Crippen molar-refractivity contribution in [2.75, 3.05) is 0 Å². The molecule has 0 fully saturated rings. The molecule has 3 rings (SSSR count). The van der Waals surface area contributed by atoms with Crippen LogP contribution in [0.15, 0.2) is 41.8 Å². The van der Waals surface area contributed by atoms with Gasteiger partial charge in [0.25, 0.3) is 0 Å². The van der Waals surface area contributed by atoms with Gasteiger partial charge in [-0.1, -0.05) is 17.3 Å². The summed E-state index contributed by atoms with van der Waals surface area (Å²) < 4.78 is 1.47. The highest BCUT2D eigenvalue weighted by Gasteiger charge is 2.17. The van der Waals surface area contributed by atoms with Crippen LogP contribution in [0.5, 0.6) is 0 Å². The van der Waals surface area contributed by atoms with E-state index in [0.29, 0.717) is 17.7 Å². The van der Waals surface area contributed by atoms with E-state index in [2.05, 4.69) is 10.3 Å². The lowest BCUT2D eigenvalue weighted by atomic mass is 10.2. The molecule has 0 atom stereocenters.